The number of carbonyl (C=O) groups excluding carboxylic acids is 3. The molecule has 0 aliphatic heterocycles. The van der Waals surface area contributed by atoms with E-state index in [1.165, 1.54) is 0 Å². The van der Waals surface area contributed by atoms with Crippen LogP contribution in [0, 0.1) is 0 Å². The molecule has 2 heterocycles. The van der Waals surface area contributed by atoms with E-state index in [0.29, 0.717) is 15.8 Å². The third-order valence-electron chi connectivity index (χ3n) is 5.24. The van der Waals surface area contributed by atoms with Crippen molar-refractivity contribution >= 4 is 28.4 Å². The summed E-state index contributed by atoms with van der Waals surface area (Å²) in [7, 11) is 0. The monoisotopic (exact) mass is 463 g/mol. The number of nitrogens with one attached hydrogen (secondary N) is 1. The van der Waals surface area contributed by atoms with Crippen molar-refractivity contribution in [2.75, 3.05) is 0 Å². The first kappa shape index (κ1) is 22.7. The van der Waals surface area contributed by atoms with Gasteiger partial charge in [-0.2, -0.15) is 13.9 Å². The van der Waals surface area contributed by atoms with Crippen LogP contribution in [0.25, 0.3) is 22.0 Å². The fourth-order valence-electron chi connectivity index (χ4n) is 3.57. The number of rotatable bonds is 8. The van der Waals surface area contributed by atoms with Crippen molar-refractivity contribution in [2.24, 2.45) is 5.73 Å². The number of halogens is 2. The number of carbonyl (C=O) groups is 3. The summed E-state index contributed by atoms with van der Waals surface area (Å²) < 4.78 is 27.2. The Morgan fingerprint density at radius 1 is 1.03 bits per heavy atom. The van der Waals surface area contributed by atoms with Gasteiger partial charge in [0, 0.05) is 36.0 Å². The zero-order valence-electron chi connectivity index (χ0n) is 17.7. The molecular weight excluding hydrogens is 444 g/mol. The summed E-state index contributed by atoms with van der Waals surface area (Å²) in [5, 5.41) is 7.94. The Kier molecular flexibility index (Phi) is 6.39. The predicted octanol–water partition coefficient (Wildman–Crippen LogP) is 2.89. The number of nitrogens with two attached hydrogens (primary N) is 1. The summed E-state index contributed by atoms with van der Waals surface area (Å²) in [4.78, 5) is 41.1. The van der Waals surface area contributed by atoms with E-state index >= 15 is 0 Å². The third kappa shape index (κ3) is 4.80. The van der Waals surface area contributed by atoms with E-state index in [9.17, 15) is 23.2 Å². The van der Waals surface area contributed by atoms with Crippen LogP contribution in [0.3, 0.4) is 0 Å². The molecule has 172 valence electrons. The molecule has 1 unspecified atom stereocenters. The number of Topliss-reactive ketones (excluding diaryl/α,β-unsaturated/α-hetero) is 1. The van der Waals surface area contributed by atoms with E-state index in [1.54, 1.807) is 67.0 Å². The van der Waals surface area contributed by atoms with Gasteiger partial charge in [-0.1, -0.05) is 42.5 Å². The lowest BCUT2D eigenvalue weighted by molar-refractivity contribution is -0.137. The molecule has 0 bridgehead atoms. The largest absolute Gasteiger partial charge is 0.363 e. The normalized spacial score (nSPS) is 12.0. The first-order chi connectivity index (χ1) is 16.3. The Morgan fingerprint density at radius 2 is 1.79 bits per heavy atom. The third-order valence-corrected chi connectivity index (χ3v) is 5.24. The summed E-state index contributed by atoms with van der Waals surface area (Å²) in [6.07, 6.45) is 4.12. The molecule has 0 fully saturated rings. The highest BCUT2D eigenvalue weighted by atomic mass is 19.3. The molecule has 0 aliphatic rings. The van der Waals surface area contributed by atoms with E-state index in [4.69, 9.17) is 5.73 Å². The topological polar surface area (TPSA) is 120 Å². The van der Waals surface area contributed by atoms with Crippen LogP contribution in [0.5, 0.6) is 0 Å². The summed E-state index contributed by atoms with van der Waals surface area (Å²) in [6.45, 7) is -2.99. The maximum Gasteiger partial charge on any atom is 0.333 e. The van der Waals surface area contributed by atoms with Gasteiger partial charge in [-0.25, -0.2) is 4.68 Å². The first-order valence-corrected chi connectivity index (χ1v) is 10.2. The van der Waals surface area contributed by atoms with Gasteiger partial charge in [0.05, 0.1) is 5.56 Å². The van der Waals surface area contributed by atoms with E-state index in [-0.39, 0.29) is 17.7 Å². The van der Waals surface area contributed by atoms with E-state index in [1.807, 2.05) is 0 Å². The number of ketones is 1. The van der Waals surface area contributed by atoms with E-state index in [0.717, 1.165) is 17.0 Å². The van der Waals surface area contributed by atoms with E-state index in [2.05, 4.69) is 15.4 Å². The average Bonchev–Trinajstić information content (AvgIpc) is 3.29. The molecule has 0 radical (unpaired) electrons. The highest BCUT2D eigenvalue weighted by Crippen LogP contribution is 2.27. The second-order valence-corrected chi connectivity index (χ2v) is 7.53. The lowest BCUT2D eigenvalue weighted by atomic mass is 10.0. The number of alkyl halides is 2. The molecule has 0 saturated carbocycles. The van der Waals surface area contributed by atoms with Crippen LogP contribution in [0.4, 0.5) is 8.78 Å². The zero-order chi connectivity index (χ0) is 24.2. The minimum absolute atomic E-state index is 0.00564. The van der Waals surface area contributed by atoms with Gasteiger partial charge in [0.2, 0.25) is 5.78 Å². The summed E-state index contributed by atoms with van der Waals surface area (Å²) in [5.41, 5.74) is 6.06. The first-order valence-electron chi connectivity index (χ1n) is 10.2. The fourth-order valence-corrected chi connectivity index (χ4v) is 3.57. The Bertz CT molecular complexity index is 1370. The number of amides is 2. The number of hydrogen-bond donors (Lipinski definition) is 2. The fraction of sp³-hybridized carbons (Fsp3) is 0.125. The van der Waals surface area contributed by atoms with Crippen LogP contribution in [-0.2, 0) is 16.0 Å². The molecule has 4 rings (SSSR count). The van der Waals surface area contributed by atoms with Crippen molar-refractivity contribution in [2.45, 2.75) is 19.0 Å². The van der Waals surface area contributed by atoms with Crippen LogP contribution in [0.1, 0.15) is 22.5 Å². The van der Waals surface area contributed by atoms with Gasteiger partial charge in [-0.05, 0) is 23.1 Å². The minimum atomic E-state index is -2.99. The maximum absolute atomic E-state index is 13.4. The SMILES string of the molecule is NC(=O)C(=O)C(Cc1ccccc1)NC(=O)c1cn(C(F)F)nc1-c1ccc2ccncc2c1. The van der Waals surface area contributed by atoms with Gasteiger partial charge < -0.3 is 11.1 Å². The number of benzene rings is 2. The van der Waals surface area contributed by atoms with Gasteiger partial charge >= 0.3 is 6.55 Å². The highest BCUT2D eigenvalue weighted by Gasteiger charge is 2.28. The molecule has 0 saturated heterocycles. The van der Waals surface area contributed by atoms with Crippen molar-refractivity contribution in [3.63, 3.8) is 0 Å². The second-order valence-electron chi connectivity index (χ2n) is 7.53. The van der Waals surface area contributed by atoms with Crippen molar-refractivity contribution in [1.29, 1.82) is 0 Å². The predicted molar refractivity (Wildman–Crippen MR) is 120 cm³/mol. The molecule has 4 aromatic rings. The van der Waals surface area contributed by atoms with Gasteiger partial charge in [-0.15, -0.1) is 0 Å². The van der Waals surface area contributed by atoms with Crippen LogP contribution >= 0.6 is 0 Å². The van der Waals surface area contributed by atoms with Crippen molar-refractivity contribution in [3.8, 4) is 11.3 Å². The highest BCUT2D eigenvalue weighted by molar-refractivity contribution is 6.38. The molecule has 0 spiro atoms. The van der Waals surface area contributed by atoms with Crippen LogP contribution in [-0.4, -0.2) is 38.4 Å². The van der Waals surface area contributed by atoms with Gasteiger partial charge in [0.25, 0.3) is 11.8 Å². The summed E-state index contributed by atoms with van der Waals surface area (Å²) in [5.74, 6) is -3.06. The molecule has 10 heteroatoms. The van der Waals surface area contributed by atoms with Gasteiger partial charge in [-0.3, -0.25) is 19.4 Å². The lowest BCUT2D eigenvalue weighted by Crippen LogP contribution is -2.47. The second kappa shape index (κ2) is 9.57. The van der Waals surface area contributed by atoms with Crippen LogP contribution in [0.15, 0.2) is 73.2 Å². The summed E-state index contributed by atoms with van der Waals surface area (Å²) >= 11 is 0. The Hall–Kier alpha value is -4.47. The number of pyridine rings is 1. The van der Waals surface area contributed by atoms with Crippen molar-refractivity contribution < 1.29 is 23.2 Å². The Morgan fingerprint density at radius 3 is 2.50 bits per heavy atom. The number of hydrogen-bond acceptors (Lipinski definition) is 5. The molecule has 8 nitrogen and oxygen atoms in total. The zero-order valence-corrected chi connectivity index (χ0v) is 17.7. The molecule has 3 N–H and O–H groups in total. The molecule has 2 aromatic carbocycles. The summed E-state index contributed by atoms with van der Waals surface area (Å²) in [6, 6.07) is 14.3. The standard InChI is InChI=1S/C24H19F2N5O3/c25-24(26)31-13-18(20(30-31)16-7-6-15-8-9-28-12-17(15)11-16)23(34)29-19(21(32)22(27)33)10-14-4-2-1-3-5-14/h1-9,11-13,19,24H,10H2,(H2,27,33)(H,29,34). The average molecular weight is 463 g/mol. The molecule has 2 amide bonds. The Balaban J connectivity index is 1.70. The number of nitrogens with zero attached hydrogens (tertiary/aromatic N) is 3. The van der Waals surface area contributed by atoms with Crippen molar-refractivity contribution in [3.05, 3.63) is 84.3 Å². The quantitative estimate of drug-likeness (QED) is 0.390. The lowest BCUT2D eigenvalue weighted by Gasteiger charge is -2.16. The Labute approximate surface area is 192 Å². The molecule has 2 aromatic heterocycles. The van der Waals surface area contributed by atoms with Crippen LogP contribution in [0.2, 0.25) is 0 Å². The van der Waals surface area contributed by atoms with E-state index < -0.39 is 30.2 Å². The molecule has 1 atom stereocenters. The molecule has 0 aliphatic carbocycles. The van der Waals surface area contributed by atoms with Gasteiger partial charge in [0.15, 0.2) is 0 Å². The number of aromatic nitrogens is 3. The molecule has 34 heavy (non-hydrogen) atoms. The van der Waals surface area contributed by atoms with Crippen LogP contribution < -0.4 is 11.1 Å². The van der Waals surface area contributed by atoms with Crippen molar-refractivity contribution in [1.82, 2.24) is 20.1 Å². The molecular formula is C24H19F2N5O3. The minimum Gasteiger partial charge on any atom is -0.363 e. The number of primary amides is 1. The van der Waals surface area contributed by atoms with Gasteiger partial charge in [0.1, 0.15) is 11.7 Å². The number of fused-ring (bicyclic) bond motifs is 1. The smallest absolute Gasteiger partial charge is 0.333 e. The maximum atomic E-state index is 13.4.